The lowest BCUT2D eigenvalue weighted by molar-refractivity contribution is -0.115. The molecular weight excluding hydrogens is 444 g/mol. The van der Waals surface area contributed by atoms with Crippen molar-refractivity contribution in [3.8, 4) is 11.5 Å². The first-order valence-electron chi connectivity index (χ1n) is 11.4. The molecule has 0 aromatic heterocycles. The van der Waals surface area contributed by atoms with Crippen LogP contribution in [-0.4, -0.2) is 30.9 Å². The minimum absolute atomic E-state index is 0.145. The van der Waals surface area contributed by atoms with Gasteiger partial charge in [0.05, 0.1) is 0 Å². The van der Waals surface area contributed by atoms with Gasteiger partial charge in [-0.05, 0) is 59.9 Å². The number of benzene rings is 3. The average Bonchev–Trinajstić information content (AvgIpc) is 3.58. The van der Waals surface area contributed by atoms with Gasteiger partial charge in [-0.2, -0.15) is 0 Å². The van der Waals surface area contributed by atoms with Crippen molar-refractivity contribution in [3.63, 3.8) is 0 Å². The van der Waals surface area contributed by atoms with E-state index >= 15 is 0 Å². The summed E-state index contributed by atoms with van der Waals surface area (Å²) in [7, 11) is 0. The second-order valence-electron chi connectivity index (χ2n) is 8.54. The van der Waals surface area contributed by atoms with Crippen LogP contribution in [0, 0.1) is 0 Å². The fourth-order valence-electron chi connectivity index (χ4n) is 3.73. The molecule has 1 aliphatic heterocycles. The van der Waals surface area contributed by atoms with Gasteiger partial charge in [0.1, 0.15) is 6.29 Å². The predicted molar refractivity (Wildman–Crippen MR) is 131 cm³/mol. The summed E-state index contributed by atoms with van der Waals surface area (Å²) in [5, 5.41) is 5.92. The highest BCUT2D eigenvalue weighted by molar-refractivity contribution is 6.24. The van der Waals surface area contributed by atoms with Crippen molar-refractivity contribution in [2.45, 2.75) is 25.4 Å². The van der Waals surface area contributed by atoms with Crippen LogP contribution in [0.4, 0.5) is 0 Å². The number of hydrogen-bond donors (Lipinski definition) is 2. The molecule has 2 aliphatic rings. The van der Waals surface area contributed by atoms with Crippen LogP contribution < -0.4 is 20.1 Å². The van der Waals surface area contributed by atoms with E-state index in [0.717, 1.165) is 35.8 Å². The summed E-state index contributed by atoms with van der Waals surface area (Å²) in [4.78, 5) is 36.3. The van der Waals surface area contributed by atoms with Crippen LogP contribution in [0.3, 0.4) is 0 Å². The maximum Gasteiger partial charge on any atom is 0.252 e. The predicted octanol–water partition coefficient (Wildman–Crippen LogP) is 3.98. The molecule has 0 unspecified atom stereocenters. The summed E-state index contributed by atoms with van der Waals surface area (Å²) >= 11 is 0. The lowest BCUT2D eigenvalue weighted by atomic mass is 10.0. The second kappa shape index (κ2) is 9.85. The zero-order valence-corrected chi connectivity index (χ0v) is 19.0. The normalized spacial score (nSPS) is 14.3. The van der Waals surface area contributed by atoms with E-state index in [-0.39, 0.29) is 24.6 Å². The van der Waals surface area contributed by atoms with Gasteiger partial charge >= 0.3 is 0 Å². The van der Waals surface area contributed by atoms with Crippen LogP contribution in [0.15, 0.2) is 66.7 Å². The molecule has 0 radical (unpaired) electrons. The quantitative estimate of drug-likeness (QED) is 0.296. The summed E-state index contributed by atoms with van der Waals surface area (Å²) in [5.41, 5.74) is 4.05. The summed E-state index contributed by atoms with van der Waals surface area (Å²) in [6.45, 7) is 0.523. The summed E-state index contributed by atoms with van der Waals surface area (Å²) in [5.74, 6) is 0.919. The van der Waals surface area contributed by atoms with E-state index in [1.165, 1.54) is 0 Å². The molecule has 1 aliphatic carbocycles. The number of nitrogens with one attached hydrogen (secondary N) is 2. The summed E-state index contributed by atoms with van der Waals surface area (Å²) in [6, 6.07) is 19.8. The molecule has 5 rings (SSSR count). The molecule has 7 heteroatoms. The molecule has 2 amide bonds. The number of hydrogen-bond acceptors (Lipinski definition) is 5. The lowest BCUT2D eigenvalue weighted by Crippen LogP contribution is -2.26. The van der Waals surface area contributed by atoms with E-state index in [2.05, 4.69) is 10.6 Å². The minimum Gasteiger partial charge on any atom is -0.454 e. The van der Waals surface area contributed by atoms with E-state index in [0.29, 0.717) is 34.7 Å². The Morgan fingerprint density at radius 2 is 1.54 bits per heavy atom. The number of rotatable bonds is 8. The molecule has 0 atom stereocenters. The zero-order chi connectivity index (χ0) is 24.2. The maximum absolute atomic E-state index is 13.0. The molecule has 1 fully saturated rings. The average molecular weight is 469 g/mol. The zero-order valence-electron chi connectivity index (χ0n) is 19.0. The van der Waals surface area contributed by atoms with Crippen LogP contribution in [-0.2, 0) is 11.3 Å². The number of aldehydes is 1. The van der Waals surface area contributed by atoms with Crippen molar-refractivity contribution in [2.24, 2.45) is 0 Å². The first-order valence-corrected chi connectivity index (χ1v) is 11.4. The highest BCUT2D eigenvalue weighted by atomic mass is 16.7. The van der Waals surface area contributed by atoms with Gasteiger partial charge in [-0.1, -0.05) is 42.5 Å². The monoisotopic (exact) mass is 468 g/mol. The smallest absolute Gasteiger partial charge is 0.252 e. The SMILES string of the molecule is O=Cc1ccc(CNC(=O)c2ccc(C=C(C(=O)NC3CC3)c3ccc4c(c3)OCO4)cc2)cc1. The highest BCUT2D eigenvalue weighted by Crippen LogP contribution is 2.35. The molecule has 0 bridgehead atoms. The number of ether oxygens (including phenoxy) is 2. The van der Waals surface area contributed by atoms with Crippen LogP contribution in [0.25, 0.3) is 11.6 Å². The first kappa shape index (κ1) is 22.4. The van der Waals surface area contributed by atoms with Gasteiger partial charge in [0, 0.05) is 29.3 Å². The number of carbonyl (C=O) groups is 3. The molecular formula is C28H24N2O5. The van der Waals surface area contributed by atoms with Gasteiger partial charge in [0.25, 0.3) is 11.8 Å². The fourth-order valence-corrected chi connectivity index (χ4v) is 3.73. The van der Waals surface area contributed by atoms with Gasteiger partial charge in [-0.15, -0.1) is 0 Å². The van der Waals surface area contributed by atoms with Crippen molar-refractivity contribution in [3.05, 3.63) is 94.5 Å². The molecule has 176 valence electrons. The Morgan fingerprint density at radius 1 is 0.857 bits per heavy atom. The standard InChI is InChI=1S/C28H24N2O5/c31-16-20-3-1-19(2-4-20)15-29-27(32)21-7-5-18(6-8-21)13-24(28(33)30-23-10-11-23)22-9-12-25-26(14-22)35-17-34-25/h1-9,12-14,16,23H,10-11,15,17H2,(H,29,32)(H,30,33). The molecule has 0 spiro atoms. The van der Waals surface area contributed by atoms with E-state index < -0.39 is 0 Å². The van der Waals surface area contributed by atoms with E-state index in [1.807, 2.05) is 42.5 Å². The molecule has 7 nitrogen and oxygen atoms in total. The Hall–Kier alpha value is -4.39. The van der Waals surface area contributed by atoms with Gasteiger partial charge in [-0.25, -0.2) is 0 Å². The maximum atomic E-state index is 13.0. The van der Waals surface area contributed by atoms with Crippen LogP contribution in [0.1, 0.15) is 50.2 Å². The molecule has 0 saturated heterocycles. The molecule has 2 N–H and O–H groups in total. The third kappa shape index (κ3) is 5.41. The lowest BCUT2D eigenvalue weighted by Gasteiger charge is -2.10. The van der Waals surface area contributed by atoms with Gasteiger partial charge < -0.3 is 20.1 Å². The molecule has 1 saturated carbocycles. The summed E-state index contributed by atoms with van der Waals surface area (Å²) in [6.07, 6.45) is 4.58. The van der Waals surface area contributed by atoms with Crippen molar-refractivity contribution in [1.29, 1.82) is 0 Å². The molecule has 35 heavy (non-hydrogen) atoms. The highest BCUT2D eigenvalue weighted by Gasteiger charge is 2.26. The van der Waals surface area contributed by atoms with Gasteiger partial charge in [0.15, 0.2) is 11.5 Å². The third-order valence-corrected chi connectivity index (χ3v) is 5.89. The largest absolute Gasteiger partial charge is 0.454 e. The Kier molecular flexibility index (Phi) is 6.30. The van der Waals surface area contributed by atoms with Crippen LogP contribution in [0.2, 0.25) is 0 Å². The Morgan fingerprint density at radius 3 is 2.26 bits per heavy atom. The first-order chi connectivity index (χ1) is 17.1. The molecule has 3 aromatic carbocycles. The Balaban J connectivity index is 1.31. The van der Waals surface area contributed by atoms with Crippen molar-refractivity contribution >= 4 is 29.7 Å². The fraction of sp³-hybridized carbons (Fsp3) is 0.179. The second-order valence-corrected chi connectivity index (χ2v) is 8.54. The van der Waals surface area contributed by atoms with Crippen LogP contribution in [0.5, 0.6) is 11.5 Å². The third-order valence-electron chi connectivity index (χ3n) is 5.89. The van der Waals surface area contributed by atoms with Crippen molar-refractivity contribution in [1.82, 2.24) is 10.6 Å². The van der Waals surface area contributed by atoms with Gasteiger partial charge in [0.2, 0.25) is 6.79 Å². The van der Waals surface area contributed by atoms with E-state index in [1.54, 1.807) is 30.3 Å². The minimum atomic E-state index is -0.206. The van der Waals surface area contributed by atoms with Crippen molar-refractivity contribution < 1.29 is 23.9 Å². The summed E-state index contributed by atoms with van der Waals surface area (Å²) < 4.78 is 10.9. The van der Waals surface area contributed by atoms with E-state index in [9.17, 15) is 14.4 Å². The number of carbonyl (C=O) groups excluding carboxylic acids is 3. The molecule has 1 heterocycles. The topological polar surface area (TPSA) is 93.7 Å². The van der Waals surface area contributed by atoms with Crippen LogP contribution >= 0.6 is 0 Å². The number of amides is 2. The Bertz CT molecular complexity index is 1290. The Labute approximate surface area is 202 Å². The molecule has 3 aromatic rings. The van der Waals surface area contributed by atoms with E-state index in [4.69, 9.17) is 9.47 Å². The number of fused-ring (bicyclic) bond motifs is 1. The van der Waals surface area contributed by atoms with Crippen molar-refractivity contribution in [2.75, 3.05) is 6.79 Å². The van der Waals surface area contributed by atoms with Gasteiger partial charge in [-0.3, -0.25) is 14.4 Å².